The molecule has 0 heterocycles. The number of nitrogens with zero attached hydrogens (tertiary/aromatic N) is 1. The van der Waals surface area contributed by atoms with Gasteiger partial charge in [0, 0.05) is 24.3 Å². The number of benzene rings is 1. The topological polar surface area (TPSA) is 75.4 Å². The van der Waals surface area contributed by atoms with Gasteiger partial charge < -0.3 is 10.4 Å². The zero-order valence-electron chi connectivity index (χ0n) is 11.7. The van der Waals surface area contributed by atoms with Gasteiger partial charge >= 0.3 is 0 Å². The van der Waals surface area contributed by atoms with Crippen molar-refractivity contribution in [2.45, 2.75) is 33.2 Å². The summed E-state index contributed by atoms with van der Waals surface area (Å²) < 4.78 is 0. The lowest BCUT2D eigenvalue weighted by atomic mass is 10.00. The number of rotatable bonds is 7. The lowest BCUT2D eigenvalue weighted by molar-refractivity contribution is -0.385. The molecule has 0 aliphatic heterocycles. The molecular weight excluding hydrogens is 244 g/mol. The summed E-state index contributed by atoms with van der Waals surface area (Å²) in [7, 11) is 0. The van der Waals surface area contributed by atoms with Crippen molar-refractivity contribution in [1.29, 1.82) is 0 Å². The van der Waals surface area contributed by atoms with Crippen LogP contribution in [-0.4, -0.2) is 23.2 Å². The van der Waals surface area contributed by atoms with Crippen LogP contribution in [0.5, 0.6) is 0 Å². The highest BCUT2D eigenvalue weighted by Crippen LogP contribution is 2.25. The van der Waals surface area contributed by atoms with Crippen LogP contribution in [0.4, 0.5) is 5.69 Å². The molecule has 19 heavy (non-hydrogen) atoms. The third-order valence-corrected chi connectivity index (χ3v) is 3.40. The van der Waals surface area contributed by atoms with Crippen LogP contribution in [0.3, 0.4) is 0 Å². The van der Waals surface area contributed by atoms with E-state index in [-0.39, 0.29) is 23.3 Å². The molecule has 0 aliphatic carbocycles. The summed E-state index contributed by atoms with van der Waals surface area (Å²) in [5.74, 6) is 0.381. The van der Waals surface area contributed by atoms with Crippen molar-refractivity contribution in [3.63, 3.8) is 0 Å². The minimum absolute atomic E-state index is 0.0565. The first-order chi connectivity index (χ1) is 8.97. The Balaban J connectivity index is 2.74. The van der Waals surface area contributed by atoms with E-state index in [2.05, 4.69) is 12.2 Å². The molecule has 2 unspecified atom stereocenters. The smallest absolute Gasteiger partial charge is 0.272 e. The monoisotopic (exact) mass is 266 g/mol. The Morgan fingerprint density at radius 3 is 2.68 bits per heavy atom. The summed E-state index contributed by atoms with van der Waals surface area (Å²) in [6.45, 7) is 6.81. The third kappa shape index (κ3) is 4.29. The summed E-state index contributed by atoms with van der Waals surface area (Å²) in [5.41, 5.74) is 1.82. The fourth-order valence-electron chi connectivity index (χ4n) is 2.12. The molecule has 0 saturated heterocycles. The van der Waals surface area contributed by atoms with Gasteiger partial charge in [0.2, 0.25) is 0 Å². The maximum atomic E-state index is 10.9. The summed E-state index contributed by atoms with van der Waals surface area (Å²) >= 11 is 0. The van der Waals surface area contributed by atoms with Gasteiger partial charge in [-0.05, 0) is 38.3 Å². The van der Waals surface area contributed by atoms with E-state index in [1.807, 2.05) is 13.0 Å². The summed E-state index contributed by atoms with van der Waals surface area (Å²) in [4.78, 5) is 10.6. The lowest BCUT2D eigenvalue weighted by Gasteiger charge is -2.19. The molecule has 0 amide bonds. The van der Waals surface area contributed by atoms with E-state index in [9.17, 15) is 10.1 Å². The largest absolute Gasteiger partial charge is 0.396 e. The van der Waals surface area contributed by atoms with Gasteiger partial charge in [0.05, 0.1) is 4.92 Å². The highest BCUT2D eigenvalue weighted by atomic mass is 16.6. The maximum Gasteiger partial charge on any atom is 0.272 e. The van der Waals surface area contributed by atoms with Crippen molar-refractivity contribution in [1.82, 2.24) is 5.32 Å². The Labute approximate surface area is 113 Å². The van der Waals surface area contributed by atoms with Crippen molar-refractivity contribution in [2.75, 3.05) is 13.2 Å². The van der Waals surface area contributed by atoms with E-state index in [1.54, 1.807) is 13.0 Å². The number of nitro groups is 1. The van der Waals surface area contributed by atoms with Gasteiger partial charge in [-0.3, -0.25) is 10.1 Å². The van der Waals surface area contributed by atoms with Gasteiger partial charge in [-0.25, -0.2) is 0 Å². The zero-order valence-corrected chi connectivity index (χ0v) is 11.7. The Hall–Kier alpha value is -1.46. The predicted molar refractivity (Wildman–Crippen MR) is 75.1 cm³/mol. The SMILES string of the molecule is Cc1c(C(C)NCC(C)CCO)cccc1[N+](=O)[O-]. The van der Waals surface area contributed by atoms with E-state index in [0.29, 0.717) is 11.5 Å². The van der Waals surface area contributed by atoms with Crippen molar-refractivity contribution < 1.29 is 10.0 Å². The average molecular weight is 266 g/mol. The molecule has 2 atom stereocenters. The second-order valence-electron chi connectivity index (χ2n) is 5.00. The molecule has 1 aromatic carbocycles. The molecule has 1 aromatic rings. The minimum Gasteiger partial charge on any atom is -0.396 e. The van der Waals surface area contributed by atoms with E-state index < -0.39 is 0 Å². The number of nitrogens with one attached hydrogen (secondary N) is 1. The maximum absolute atomic E-state index is 10.9. The van der Waals surface area contributed by atoms with Crippen molar-refractivity contribution in [2.24, 2.45) is 5.92 Å². The van der Waals surface area contributed by atoms with Gasteiger partial charge in [0.15, 0.2) is 0 Å². The second kappa shape index (κ2) is 7.21. The number of aliphatic hydroxyl groups excluding tert-OH is 1. The molecule has 5 nitrogen and oxygen atoms in total. The number of hydrogen-bond acceptors (Lipinski definition) is 4. The van der Waals surface area contributed by atoms with Crippen molar-refractivity contribution >= 4 is 5.69 Å². The zero-order chi connectivity index (χ0) is 14.4. The van der Waals surface area contributed by atoms with Crippen molar-refractivity contribution in [3.8, 4) is 0 Å². The molecular formula is C14H22N2O3. The Kier molecular flexibility index (Phi) is 5.92. The molecule has 0 fully saturated rings. The van der Waals surface area contributed by atoms with Gasteiger partial charge in [0.25, 0.3) is 5.69 Å². The van der Waals surface area contributed by atoms with E-state index in [1.165, 1.54) is 6.07 Å². The number of hydrogen-bond donors (Lipinski definition) is 2. The molecule has 0 saturated carbocycles. The standard InChI is InChI=1S/C14H22N2O3/c1-10(7-8-17)9-15-12(3)13-5-4-6-14(11(13)2)16(18)19/h4-6,10,12,15,17H,7-9H2,1-3H3. The molecule has 106 valence electrons. The van der Waals surface area contributed by atoms with Gasteiger partial charge in [-0.1, -0.05) is 19.1 Å². The van der Waals surface area contributed by atoms with Gasteiger partial charge in [-0.2, -0.15) is 0 Å². The molecule has 0 spiro atoms. The van der Waals surface area contributed by atoms with Gasteiger partial charge in [0.1, 0.15) is 0 Å². The predicted octanol–water partition coefficient (Wildman–Crippen LogP) is 2.57. The molecule has 0 bridgehead atoms. The molecule has 1 rings (SSSR count). The summed E-state index contributed by atoms with van der Waals surface area (Å²) in [6.07, 6.45) is 0.758. The van der Waals surface area contributed by atoms with E-state index in [0.717, 1.165) is 18.5 Å². The highest BCUT2D eigenvalue weighted by molar-refractivity contribution is 5.45. The average Bonchev–Trinajstić information content (AvgIpc) is 2.36. The summed E-state index contributed by atoms with van der Waals surface area (Å²) in [6, 6.07) is 5.22. The Morgan fingerprint density at radius 2 is 2.11 bits per heavy atom. The fraction of sp³-hybridized carbons (Fsp3) is 0.571. The Bertz CT molecular complexity index is 435. The van der Waals surface area contributed by atoms with Crippen LogP contribution in [-0.2, 0) is 0 Å². The van der Waals surface area contributed by atoms with Crippen LogP contribution in [0.15, 0.2) is 18.2 Å². The molecule has 0 radical (unpaired) electrons. The lowest BCUT2D eigenvalue weighted by Crippen LogP contribution is -2.25. The number of aliphatic hydroxyl groups is 1. The first kappa shape index (κ1) is 15.6. The van der Waals surface area contributed by atoms with Crippen LogP contribution in [0, 0.1) is 23.0 Å². The fourth-order valence-corrected chi connectivity index (χ4v) is 2.12. The quantitative estimate of drug-likeness (QED) is 0.587. The first-order valence-corrected chi connectivity index (χ1v) is 6.55. The van der Waals surface area contributed by atoms with E-state index in [4.69, 9.17) is 5.11 Å². The van der Waals surface area contributed by atoms with Crippen molar-refractivity contribution in [3.05, 3.63) is 39.4 Å². The second-order valence-corrected chi connectivity index (χ2v) is 5.00. The molecule has 5 heteroatoms. The van der Waals surface area contributed by atoms with Crippen LogP contribution in [0.25, 0.3) is 0 Å². The van der Waals surface area contributed by atoms with Crippen LogP contribution < -0.4 is 5.32 Å². The molecule has 2 N–H and O–H groups in total. The first-order valence-electron chi connectivity index (χ1n) is 6.55. The van der Waals surface area contributed by atoms with Crippen LogP contribution in [0.1, 0.15) is 37.4 Å². The van der Waals surface area contributed by atoms with Gasteiger partial charge in [-0.15, -0.1) is 0 Å². The molecule has 0 aromatic heterocycles. The molecule has 0 aliphatic rings. The van der Waals surface area contributed by atoms with Crippen LogP contribution >= 0.6 is 0 Å². The third-order valence-electron chi connectivity index (χ3n) is 3.40. The van der Waals surface area contributed by atoms with E-state index >= 15 is 0 Å². The minimum atomic E-state index is -0.347. The van der Waals surface area contributed by atoms with Crippen LogP contribution in [0.2, 0.25) is 0 Å². The Morgan fingerprint density at radius 1 is 1.42 bits per heavy atom. The normalized spacial score (nSPS) is 14.1. The summed E-state index contributed by atoms with van der Waals surface area (Å²) in [5, 5.41) is 23.1. The highest BCUT2D eigenvalue weighted by Gasteiger charge is 2.17. The number of nitro benzene ring substituents is 1.